The number of nitrogens with one attached hydrogen (secondary N) is 2. The Bertz CT molecular complexity index is 2400. The van der Waals surface area contributed by atoms with E-state index < -0.39 is 21.6 Å². The van der Waals surface area contributed by atoms with Crippen LogP contribution in [0.25, 0.3) is 22.9 Å². The van der Waals surface area contributed by atoms with Gasteiger partial charge < -0.3 is 23.7 Å². The summed E-state index contributed by atoms with van der Waals surface area (Å²) in [6, 6.07) is 19.4. The summed E-state index contributed by atoms with van der Waals surface area (Å²) >= 11 is 0. The molecule has 0 saturated heterocycles. The maximum atomic E-state index is 13.9. The molecule has 0 fully saturated rings. The highest BCUT2D eigenvalue weighted by molar-refractivity contribution is 7.92. The van der Waals surface area contributed by atoms with Crippen molar-refractivity contribution >= 4 is 22.0 Å². The van der Waals surface area contributed by atoms with Crippen molar-refractivity contribution in [3.8, 4) is 46.0 Å². The molecule has 0 unspecified atom stereocenters. The third-order valence-electron chi connectivity index (χ3n) is 7.91. The number of hydrogen-bond donors (Lipinski definition) is 4. The molecule has 0 spiro atoms. The number of para-hydroxylation sites is 2. The number of carbonyl (C=O) groups excluding carboxylic acids is 1. The first-order valence-corrected chi connectivity index (χ1v) is 18.7. The Balaban J connectivity index is 1.29. The number of tetrazole rings is 1. The molecular weight excluding hydrogens is 781 g/mol. The highest BCUT2D eigenvalue weighted by Crippen LogP contribution is 2.42. The Hall–Kier alpha value is -6.85. The van der Waals surface area contributed by atoms with Crippen LogP contribution < -0.4 is 18.9 Å². The number of aromatic amines is 1. The van der Waals surface area contributed by atoms with Crippen LogP contribution in [-0.2, 0) is 37.5 Å². The van der Waals surface area contributed by atoms with Crippen molar-refractivity contribution in [1.29, 1.82) is 0 Å². The second-order valence-electron chi connectivity index (χ2n) is 12.2. The van der Waals surface area contributed by atoms with Gasteiger partial charge in [-0.1, -0.05) is 56.3 Å². The first kappa shape index (κ1) is 40.8. The smallest absolute Gasteiger partial charge is 0.493 e. The average molecular weight is 817 g/mol. The molecule has 0 amide bonds. The molecule has 0 saturated carbocycles. The minimum absolute atomic E-state index is 0.0294. The minimum Gasteiger partial charge on any atom is -0.493 e. The summed E-state index contributed by atoms with van der Waals surface area (Å²) in [6.45, 7) is 3.05. The summed E-state index contributed by atoms with van der Waals surface area (Å²) in [7, 11) is -2.96. The average Bonchev–Trinajstić information content (AvgIpc) is 3.78. The number of H-pyrrole nitrogens is 1. The van der Waals surface area contributed by atoms with Crippen molar-refractivity contribution < 1.29 is 52.1 Å². The molecule has 0 aliphatic rings. The number of methoxy groups -OCH3 is 1. The number of rotatable bonds is 18. The first-order valence-electron chi connectivity index (χ1n) is 17.2. The van der Waals surface area contributed by atoms with Crippen LogP contribution in [0.1, 0.15) is 36.5 Å². The van der Waals surface area contributed by atoms with Gasteiger partial charge in [0.25, 0.3) is 15.9 Å². The van der Waals surface area contributed by atoms with E-state index in [0.717, 1.165) is 5.56 Å². The fraction of sp³-hybridized carbons (Fsp3) is 0.222. The van der Waals surface area contributed by atoms with Crippen LogP contribution in [-0.4, -0.2) is 91.3 Å². The van der Waals surface area contributed by atoms with Crippen LogP contribution in [0.3, 0.4) is 0 Å². The minimum atomic E-state index is -4.40. The predicted octanol–water partition coefficient (Wildman–Crippen LogP) is 5.08. The number of pyridine rings is 2. The number of hydrogen-bond acceptors (Lipinski definition) is 19. The van der Waals surface area contributed by atoms with E-state index in [1.165, 1.54) is 25.6 Å². The molecular formula is C36H36N10O11S. The van der Waals surface area contributed by atoms with E-state index in [1.807, 2.05) is 13.8 Å². The van der Waals surface area contributed by atoms with Gasteiger partial charge in [-0.05, 0) is 58.2 Å². The lowest BCUT2D eigenvalue weighted by Crippen LogP contribution is -2.18. The quantitative estimate of drug-likeness (QED) is 0.0500. The molecule has 0 radical (unpaired) electrons. The Morgan fingerprint density at radius 2 is 1.66 bits per heavy atom. The first-order chi connectivity index (χ1) is 28.0. The number of benzene rings is 2. The zero-order valence-corrected chi connectivity index (χ0v) is 31.9. The Kier molecular flexibility index (Phi) is 13.3. The van der Waals surface area contributed by atoms with Gasteiger partial charge >= 0.3 is 6.16 Å². The van der Waals surface area contributed by atoms with Gasteiger partial charge in [-0.15, -0.1) is 10.2 Å². The summed E-state index contributed by atoms with van der Waals surface area (Å²) in [5.74, 6) is -0.116. The molecule has 58 heavy (non-hydrogen) atoms. The van der Waals surface area contributed by atoms with E-state index in [-0.39, 0.29) is 72.2 Å². The predicted molar refractivity (Wildman–Crippen MR) is 199 cm³/mol. The lowest BCUT2D eigenvalue weighted by Gasteiger charge is -2.18. The van der Waals surface area contributed by atoms with Crippen molar-refractivity contribution in [1.82, 2.24) is 45.9 Å². The Morgan fingerprint density at radius 3 is 2.33 bits per heavy atom. The second kappa shape index (κ2) is 18.9. The fourth-order valence-corrected chi connectivity index (χ4v) is 5.91. The van der Waals surface area contributed by atoms with E-state index in [2.05, 4.69) is 50.1 Å². The zero-order chi connectivity index (χ0) is 41.1. The Morgan fingerprint density at radius 1 is 0.897 bits per heavy atom. The molecule has 0 atom stereocenters. The van der Waals surface area contributed by atoms with Crippen LogP contribution in [0.4, 0.5) is 10.6 Å². The standard InChI is InChI=1S/C36H36N10O11S/c1-22(2)26-12-13-30(38-19-26)58(50,51)43-34-31(57-29-7-5-4-6-28(29)52-3)35(40-32(39-34)25-14-15-37-27(18-25)33-41-44-45-42-33)53-16-17-54-36(47)55-20-23-8-10-24(11-9-23)21-56-46(48)49/h4-15,18-19,22,48-49H,16-17,20-21H2,1-3H3,(H,39,40,43)(H,41,42,44,45). The van der Waals surface area contributed by atoms with Gasteiger partial charge in [0.05, 0.1) is 19.1 Å². The molecule has 302 valence electrons. The summed E-state index contributed by atoms with van der Waals surface area (Å²) in [4.78, 5) is 34.6. The molecule has 4 aromatic heterocycles. The second-order valence-corrected chi connectivity index (χ2v) is 13.8. The highest BCUT2D eigenvalue weighted by Gasteiger charge is 2.27. The van der Waals surface area contributed by atoms with Crippen LogP contribution >= 0.6 is 0 Å². The SMILES string of the molecule is COc1ccccc1Oc1c(NS(=O)(=O)c2ccc(C(C)C)cn2)nc(-c2ccnc(-c3nn[nH]n3)c2)nc1OCCOC(=O)OCc1ccc(CON(O)O)cc1. The van der Waals surface area contributed by atoms with E-state index in [9.17, 15) is 13.2 Å². The molecule has 4 N–H and O–H groups in total. The molecule has 6 aromatic rings. The van der Waals surface area contributed by atoms with Crippen molar-refractivity contribution in [2.75, 3.05) is 25.0 Å². The third-order valence-corrected chi connectivity index (χ3v) is 9.16. The number of sulfonamides is 1. The molecule has 22 heteroatoms. The van der Waals surface area contributed by atoms with Crippen molar-refractivity contribution in [2.24, 2.45) is 0 Å². The fourth-order valence-electron chi connectivity index (χ4n) is 4.98. The number of anilines is 1. The molecule has 6 rings (SSSR count). The molecule has 0 aliphatic carbocycles. The van der Waals surface area contributed by atoms with E-state index >= 15 is 0 Å². The van der Waals surface area contributed by atoms with Crippen LogP contribution in [0.5, 0.6) is 23.1 Å². The van der Waals surface area contributed by atoms with E-state index in [1.54, 1.807) is 66.7 Å². The number of aromatic nitrogens is 8. The van der Waals surface area contributed by atoms with Crippen LogP contribution in [0.15, 0.2) is 90.2 Å². The van der Waals surface area contributed by atoms with Gasteiger partial charge in [0.1, 0.15) is 25.5 Å². The number of ether oxygens (including phenoxy) is 5. The van der Waals surface area contributed by atoms with Gasteiger partial charge in [-0.3, -0.25) is 20.1 Å². The lowest BCUT2D eigenvalue weighted by atomic mass is 10.1. The Labute approximate surface area is 330 Å². The lowest BCUT2D eigenvalue weighted by molar-refractivity contribution is -0.497. The number of nitrogens with zero attached hydrogens (tertiary/aromatic N) is 8. The zero-order valence-electron chi connectivity index (χ0n) is 31.0. The van der Waals surface area contributed by atoms with E-state index in [4.69, 9.17) is 34.1 Å². The number of carbonyl (C=O) groups is 1. The normalized spacial score (nSPS) is 11.4. The summed E-state index contributed by atoms with van der Waals surface area (Å²) in [5, 5.41) is 30.6. The molecule has 0 aliphatic heterocycles. The van der Waals surface area contributed by atoms with E-state index in [0.29, 0.717) is 28.1 Å². The maximum absolute atomic E-state index is 13.9. The summed E-state index contributed by atoms with van der Waals surface area (Å²) < 4.78 is 58.3. The van der Waals surface area contributed by atoms with Crippen molar-refractivity contribution in [3.63, 3.8) is 0 Å². The monoisotopic (exact) mass is 816 g/mol. The topological polar surface area (TPSA) is 268 Å². The van der Waals surface area contributed by atoms with Crippen molar-refractivity contribution in [3.05, 3.63) is 102 Å². The molecule has 4 heterocycles. The third kappa shape index (κ3) is 10.7. The van der Waals surface area contributed by atoms with Gasteiger partial charge in [0, 0.05) is 18.0 Å². The van der Waals surface area contributed by atoms with Gasteiger partial charge in [0.2, 0.25) is 11.6 Å². The van der Waals surface area contributed by atoms with Crippen LogP contribution in [0.2, 0.25) is 0 Å². The highest BCUT2D eigenvalue weighted by atomic mass is 32.2. The molecule has 21 nitrogen and oxygen atoms in total. The molecule has 0 bridgehead atoms. The van der Waals surface area contributed by atoms with Gasteiger partial charge in [0.15, 0.2) is 28.2 Å². The van der Waals surface area contributed by atoms with Gasteiger partial charge in [-0.2, -0.15) is 18.6 Å². The van der Waals surface area contributed by atoms with Crippen molar-refractivity contribution in [2.45, 2.75) is 38.0 Å². The largest absolute Gasteiger partial charge is 0.508 e. The van der Waals surface area contributed by atoms with Crippen LogP contribution in [0, 0.1) is 0 Å². The summed E-state index contributed by atoms with van der Waals surface area (Å²) in [5.41, 5.74) is 2.74. The van der Waals surface area contributed by atoms with Gasteiger partial charge in [-0.25, -0.2) is 19.6 Å². The maximum Gasteiger partial charge on any atom is 0.508 e. The summed E-state index contributed by atoms with van der Waals surface area (Å²) in [6.07, 6.45) is 1.93. The molecule has 2 aromatic carbocycles.